The number of nitrogens with zero attached hydrogens (tertiary/aromatic N) is 1. The highest BCUT2D eigenvalue weighted by Crippen LogP contribution is 2.10. The van der Waals surface area contributed by atoms with E-state index in [0.717, 1.165) is 24.2 Å². The van der Waals surface area contributed by atoms with Crippen LogP contribution in [-0.2, 0) is 0 Å². The largest absolute Gasteiger partial charge is 0.346 e. The van der Waals surface area contributed by atoms with Crippen molar-refractivity contribution in [1.82, 2.24) is 4.90 Å². The maximum absolute atomic E-state index is 3.99. The fourth-order valence-corrected chi connectivity index (χ4v) is 1.28. The Morgan fingerprint density at radius 1 is 0.875 bits per heavy atom. The molecule has 0 aromatic heterocycles. The first-order valence-electron chi connectivity index (χ1n) is 5.50. The average Bonchev–Trinajstić information content (AvgIpc) is 2.29. The average molecular weight is 213 g/mol. The molecular weight excluding hydrogens is 194 g/mol. The normalized spacial score (nSPS) is 26.2. The van der Waals surface area contributed by atoms with Crippen LogP contribution in [0.3, 0.4) is 0 Å². The molecule has 0 unspecified atom stereocenters. The Labute approximate surface area is 98.5 Å². The highest BCUT2D eigenvalue weighted by molar-refractivity contribution is 5.27. The van der Waals surface area contributed by atoms with Crippen molar-refractivity contribution in [1.29, 1.82) is 0 Å². The lowest BCUT2D eigenvalue weighted by Crippen LogP contribution is -2.12. The third-order valence-corrected chi connectivity index (χ3v) is 2.43. The first-order chi connectivity index (χ1) is 7.72. The third-order valence-electron chi connectivity index (χ3n) is 2.43. The van der Waals surface area contributed by atoms with Crippen LogP contribution in [-0.4, -0.2) is 11.9 Å². The quantitative estimate of drug-likeness (QED) is 0.588. The molecule has 1 nitrogen and oxygen atoms in total. The molecule has 84 valence electrons. The molecule has 0 saturated carbocycles. The second-order valence-corrected chi connectivity index (χ2v) is 3.69. The van der Waals surface area contributed by atoms with Crippen LogP contribution in [0.4, 0.5) is 0 Å². The molecule has 16 heavy (non-hydrogen) atoms. The molecule has 1 aliphatic heterocycles. The Kier molecular flexibility index (Phi) is 5.13. The van der Waals surface area contributed by atoms with Crippen molar-refractivity contribution < 1.29 is 0 Å². The van der Waals surface area contributed by atoms with Gasteiger partial charge in [-0.3, -0.25) is 0 Å². The Balaban J connectivity index is 2.82. The van der Waals surface area contributed by atoms with E-state index in [2.05, 4.69) is 37.5 Å². The first-order valence-corrected chi connectivity index (χ1v) is 5.50. The van der Waals surface area contributed by atoms with Crippen molar-refractivity contribution in [2.75, 3.05) is 7.05 Å². The predicted molar refractivity (Wildman–Crippen MR) is 71.8 cm³/mol. The van der Waals surface area contributed by atoms with Gasteiger partial charge in [0, 0.05) is 18.4 Å². The van der Waals surface area contributed by atoms with E-state index in [1.165, 1.54) is 0 Å². The molecule has 0 spiro atoms. The zero-order chi connectivity index (χ0) is 11.8. The summed E-state index contributed by atoms with van der Waals surface area (Å²) in [4.78, 5) is 1.96. The number of allylic oxidation sites excluding steroid dienone is 8. The Morgan fingerprint density at radius 3 is 1.75 bits per heavy atom. The van der Waals surface area contributed by atoms with Gasteiger partial charge in [0.05, 0.1) is 0 Å². The topological polar surface area (TPSA) is 3.24 Å². The van der Waals surface area contributed by atoms with E-state index in [4.69, 9.17) is 0 Å². The van der Waals surface area contributed by atoms with E-state index in [-0.39, 0.29) is 0 Å². The van der Waals surface area contributed by atoms with Crippen LogP contribution in [0.2, 0.25) is 0 Å². The van der Waals surface area contributed by atoms with Crippen molar-refractivity contribution in [3.8, 4) is 0 Å². The van der Waals surface area contributed by atoms with Crippen molar-refractivity contribution in [3.63, 3.8) is 0 Å². The Bertz CT molecular complexity index is 331. The first kappa shape index (κ1) is 12.3. The smallest absolute Gasteiger partial charge is 0.0334 e. The second-order valence-electron chi connectivity index (χ2n) is 3.69. The molecule has 1 heteroatoms. The van der Waals surface area contributed by atoms with Crippen molar-refractivity contribution >= 4 is 0 Å². The number of hydrogen-bond donors (Lipinski definition) is 0. The molecule has 0 atom stereocenters. The zero-order valence-electron chi connectivity index (χ0n) is 9.89. The maximum atomic E-state index is 3.99. The van der Waals surface area contributed by atoms with Gasteiger partial charge < -0.3 is 4.90 Å². The van der Waals surface area contributed by atoms with Gasteiger partial charge in [-0.2, -0.15) is 0 Å². The van der Waals surface area contributed by atoms with E-state index in [9.17, 15) is 0 Å². The summed E-state index contributed by atoms with van der Waals surface area (Å²) in [6, 6.07) is 0. The van der Waals surface area contributed by atoms with Crippen molar-refractivity contribution in [2.45, 2.75) is 12.8 Å². The minimum Gasteiger partial charge on any atom is -0.346 e. The molecule has 1 aliphatic rings. The fraction of sp³-hybridized carbons (Fsp3) is 0.200. The van der Waals surface area contributed by atoms with Gasteiger partial charge >= 0.3 is 0 Å². The van der Waals surface area contributed by atoms with Gasteiger partial charge in [0.2, 0.25) is 0 Å². The summed E-state index contributed by atoms with van der Waals surface area (Å²) in [5, 5.41) is 0. The molecule has 0 aromatic carbocycles. The van der Waals surface area contributed by atoms with Crippen LogP contribution in [0.25, 0.3) is 0 Å². The van der Waals surface area contributed by atoms with Crippen molar-refractivity contribution in [3.05, 3.63) is 73.2 Å². The Hall–Kier alpha value is -1.76. The zero-order valence-corrected chi connectivity index (χ0v) is 9.89. The molecule has 1 rings (SSSR count). The molecule has 0 aromatic rings. The predicted octanol–water partition coefficient (Wildman–Crippen LogP) is 3.96. The van der Waals surface area contributed by atoms with E-state index in [1.807, 2.05) is 36.3 Å². The highest BCUT2D eigenvalue weighted by Gasteiger charge is 1.99. The molecule has 0 fully saturated rings. The lowest BCUT2D eigenvalue weighted by atomic mass is 10.2. The number of likely N-dealkylation sites (N-methyl/N-ethyl adjacent to an activating group) is 1. The van der Waals surface area contributed by atoms with Crippen LogP contribution in [0, 0.1) is 0 Å². The summed E-state index contributed by atoms with van der Waals surface area (Å²) in [6.07, 6.45) is 18.6. The maximum Gasteiger partial charge on any atom is 0.0334 e. The minimum absolute atomic E-state index is 0.933. The second kappa shape index (κ2) is 6.67. The molecular formula is C15H19N. The monoisotopic (exact) mass is 213 g/mol. The molecule has 0 aliphatic carbocycles. The molecule has 0 radical (unpaired) electrons. The number of rotatable bonds is 0. The Morgan fingerprint density at radius 2 is 1.31 bits per heavy atom. The van der Waals surface area contributed by atoms with Crippen molar-refractivity contribution in [2.24, 2.45) is 0 Å². The van der Waals surface area contributed by atoms with E-state index in [0.29, 0.717) is 0 Å². The van der Waals surface area contributed by atoms with E-state index >= 15 is 0 Å². The van der Waals surface area contributed by atoms with Gasteiger partial charge in [0.25, 0.3) is 0 Å². The minimum atomic E-state index is 0.933. The highest BCUT2D eigenvalue weighted by atomic mass is 15.1. The lowest BCUT2D eigenvalue weighted by Gasteiger charge is -2.19. The van der Waals surface area contributed by atoms with Crippen LogP contribution in [0.5, 0.6) is 0 Å². The van der Waals surface area contributed by atoms with Crippen LogP contribution < -0.4 is 0 Å². The molecule has 0 bridgehead atoms. The van der Waals surface area contributed by atoms with Gasteiger partial charge in [-0.25, -0.2) is 0 Å². The fourth-order valence-electron chi connectivity index (χ4n) is 1.28. The third kappa shape index (κ3) is 4.18. The lowest BCUT2D eigenvalue weighted by molar-refractivity contribution is 0.559. The van der Waals surface area contributed by atoms with Crippen LogP contribution in [0.15, 0.2) is 73.2 Å². The molecule has 1 heterocycles. The van der Waals surface area contributed by atoms with Gasteiger partial charge in [0.15, 0.2) is 0 Å². The summed E-state index contributed by atoms with van der Waals surface area (Å²) < 4.78 is 0. The molecule has 0 saturated heterocycles. The van der Waals surface area contributed by atoms with Gasteiger partial charge in [-0.1, -0.05) is 49.6 Å². The summed E-state index contributed by atoms with van der Waals surface area (Å²) in [6.45, 7) is 7.98. The standard InChI is InChI=1S/C15H19N/c1-14-12-10-8-6-4-5-7-9-11-13-15(2)16(14)3/h6-13H,1-2,4-5H2,3H3/b8-6-,9-7-,12-10-,13-11-. The number of hydrogen-bond acceptors (Lipinski definition) is 1. The molecule has 0 N–H and O–H groups in total. The summed E-state index contributed by atoms with van der Waals surface area (Å²) in [5.74, 6) is 0. The summed E-state index contributed by atoms with van der Waals surface area (Å²) in [7, 11) is 1.96. The SMILES string of the molecule is C=C1/C=C\C=C/CC/C=C\C=C/C(=C)N1C. The van der Waals surface area contributed by atoms with Gasteiger partial charge in [0.1, 0.15) is 0 Å². The van der Waals surface area contributed by atoms with Gasteiger partial charge in [-0.15, -0.1) is 0 Å². The summed E-state index contributed by atoms with van der Waals surface area (Å²) in [5.41, 5.74) is 1.87. The molecule has 0 amide bonds. The van der Waals surface area contributed by atoms with E-state index < -0.39 is 0 Å². The van der Waals surface area contributed by atoms with Gasteiger partial charge in [-0.05, 0) is 25.0 Å². The van der Waals surface area contributed by atoms with Crippen LogP contribution >= 0.6 is 0 Å². The van der Waals surface area contributed by atoms with E-state index in [1.54, 1.807) is 0 Å². The van der Waals surface area contributed by atoms with Crippen LogP contribution in [0.1, 0.15) is 12.8 Å². The summed E-state index contributed by atoms with van der Waals surface area (Å²) >= 11 is 0.